The van der Waals surface area contributed by atoms with Gasteiger partial charge in [-0.15, -0.1) is 0 Å². The second-order valence-corrected chi connectivity index (χ2v) is 7.68. The lowest BCUT2D eigenvalue weighted by Crippen LogP contribution is -2.37. The van der Waals surface area contributed by atoms with Gasteiger partial charge in [0.25, 0.3) is 17.4 Å². The molecule has 10 heteroatoms. The average Bonchev–Trinajstić information content (AvgIpc) is 2.92. The number of anilines is 1. The fourth-order valence-corrected chi connectivity index (χ4v) is 3.51. The van der Waals surface area contributed by atoms with Crippen LogP contribution in [0.1, 0.15) is 26.3 Å². The minimum Gasteiger partial charge on any atom is -0.496 e. The van der Waals surface area contributed by atoms with Crippen molar-refractivity contribution < 1.29 is 19.1 Å². The van der Waals surface area contributed by atoms with Gasteiger partial charge in [-0.25, -0.2) is 4.98 Å². The molecule has 0 aliphatic heterocycles. The van der Waals surface area contributed by atoms with Crippen LogP contribution in [0.15, 0.2) is 83.9 Å². The second kappa shape index (κ2) is 11.0. The second-order valence-electron chi connectivity index (χ2n) is 7.68. The molecule has 0 bridgehead atoms. The molecule has 2 aromatic heterocycles. The van der Waals surface area contributed by atoms with E-state index in [1.54, 1.807) is 43.5 Å². The zero-order chi connectivity index (χ0) is 25.5. The number of carbonyl (C=O) groups is 3. The third kappa shape index (κ3) is 5.39. The molecule has 0 aliphatic rings. The van der Waals surface area contributed by atoms with E-state index in [-0.39, 0.29) is 30.0 Å². The molecular formula is C26H23N5O5. The van der Waals surface area contributed by atoms with Crippen LogP contribution in [0.5, 0.6) is 5.75 Å². The fourth-order valence-electron chi connectivity index (χ4n) is 3.51. The smallest absolute Gasteiger partial charge is 0.281 e. The Hall–Kier alpha value is -4.99. The van der Waals surface area contributed by atoms with Gasteiger partial charge in [-0.1, -0.05) is 36.4 Å². The average molecular weight is 486 g/mol. The zero-order valence-electron chi connectivity index (χ0n) is 19.4. The van der Waals surface area contributed by atoms with Gasteiger partial charge in [0, 0.05) is 23.9 Å². The lowest BCUT2D eigenvalue weighted by atomic mass is 10.2. The molecule has 0 aliphatic carbocycles. The molecule has 3 N–H and O–H groups in total. The number of nitrogens with zero attached hydrogens (tertiary/aromatic N) is 2. The van der Waals surface area contributed by atoms with Crippen LogP contribution in [0.4, 0.5) is 5.69 Å². The van der Waals surface area contributed by atoms with Gasteiger partial charge in [0.1, 0.15) is 11.4 Å². The van der Waals surface area contributed by atoms with E-state index in [1.165, 1.54) is 24.5 Å². The van der Waals surface area contributed by atoms with E-state index in [0.29, 0.717) is 11.3 Å². The monoisotopic (exact) mass is 485 g/mol. The lowest BCUT2D eigenvalue weighted by molar-refractivity contribution is -0.120. The third-order valence-corrected chi connectivity index (χ3v) is 5.34. The van der Waals surface area contributed by atoms with Crippen molar-refractivity contribution in [1.82, 2.24) is 20.0 Å². The summed E-state index contributed by atoms with van der Waals surface area (Å²) in [5, 5.41) is 7.80. The normalized spacial score (nSPS) is 10.5. The van der Waals surface area contributed by atoms with Crippen LogP contribution >= 0.6 is 0 Å². The molecule has 2 aromatic carbocycles. The number of aromatic nitrogens is 2. The Kier molecular flexibility index (Phi) is 7.35. The first kappa shape index (κ1) is 24.1. The van der Waals surface area contributed by atoms with E-state index in [9.17, 15) is 19.2 Å². The predicted octanol–water partition coefficient (Wildman–Crippen LogP) is 2.00. The minimum atomic E-state index is -0.575. The first-order valence-electron chi connectivity index (χ1n) is 11.0. The summed E-state index contributed by atoms with van der Waals surface area (Å²) in [4.78, 5) is 54.5. The maximum atomic E-state index is 12.9. The number of para-hydroxylation sites is 1. The van der Waals surface area contributed by atoms with Gasteiger partial charge < -0.3 is 20.7 Å². The highest BCUT2D eigenvalue weighted by atomic mass is 16.5. The van der Waals surface area contributed by atoms with Crippen LogP contribution in [-0.4, -0.2) is 40.8 Å². The van der Waals surface area contributed by atoms with E-state index in [1.807, 2.05) is 18.2 Å². The van der Waals surface area contributed by atoms with E-state index in [2.05, 4.69) is 20.9 Å². The molecule has 2 heterocycles. The highest BCUT2D eigenvalue weighted by Crippen LogP contribution is 2.16. The number of methoxy groups -OCH3 is 1. The standard InChI is InChI=1S/C26H23N5O5/c1-36-21-12-6-5-10-18(21)14-27-22(32)16-29-25(34)19-11-7-13-31-23(19)28-15-20(26(31)35)30-24(33)17-8-3-2-4-9-17/h2-13,15H,14,16H2,1H3,(H,27,32)(H,29,34)(H,30,33). The van der Waals surface area contributed by atoms with Crippen molar-refractivity contribution in [1.29, 1.82) is 0 Å². The van der Waals surface area contributed by atoms with Crippen molar-refractivity contribution in [3.05, 3.63) is 106 Å². The Bertz CT molecular complexity index is 1480. The summed E-state index contributed by atoms with van der Waals surface area (Å²) in [5.74, 6) is -0.782. The molecule has 0 radical (unpaired) electrons. The Morgan fingerprint density at radius 3 is 2.44 bits per heavy atom. The first-order chi connectivity index (χ1) is 17.5. The predicted molar refractivity (Wildman–Crippen MR) is 133 cm³/mol. The highest BCUT2D eigenvalue weighted by Gasteiger charge is 2.16. The number of hydrogen-bond acceptors (Lipinski definition) is 6. The van der Waals surface area contributed by atoms with Crippen molar-refractivity contribution in [3.63, 3.8) is 0 Å². The molecule has 0 saturated carbocycles. The van der Waals surface area contributed by atoms with Gasteiger partial charge in [0.05, 0.1) is 25.4 Å². The summed E-state index contributed by atoms with van der Waals surface area (Å²) in [6, 6.07) is 18.7. The number of ether oxygens (including phenoxy) is 1. The number of rotatable bonds is 8. The van der Waals surface area contributed by atoms with Crippen LogP contribution in [0.3, 0.4) is 0 Å². The van der Waals surface area contributed by atoms with Crippen LogP contribution in [0.25, 0.3) is 5.65 Å². The molecule has 3 amide bonds. The lowest BCUT2D eigenvalue weighted by Gasteiger charge is -2.11. The van der Waals surface area contributed by atoms with Crippen molar-refractivity contribution in [2.24, 2.45) is 0 Å². The number of hydrogen-bond donors (Lipinski definition) is 3. The summed E-state index contributed by atoms with van der Waals surface area (Å²) >= 11 is 0. The van der Waals surface area contributed by atoms with Gasteiger partial charge in [-0.3, -0.25) is 23.6 Å². The van der Waals surface area contributed by atoms with Crippen LogP contribution in [-0.2, 0) is 11.3 Å². The Labute approximate surface area is 205 Å². The molecule has 4 aromatic rings. The van der Waals surface area contributed by atoms with Gasteiger partial charge in [0.2, 0.25) is 5.91 Å². The molecule has 182 valence electrons. The topological polar surface area (TPSA) is 131 Å². The van der Waals surface area contributed by atoms with Gasteiger partial charge in [-0.05, 0) is 30.3 Å². The van der Waals surface area contributed by atoms with Crippen molar-refractivity contribution in [2.75, 3.05) is 19.0 Å². The van der Waals surface area contributed by atoms with E-state index in [0.717, 1.165) is 9.96 Å². The molecule has 0 fully saturated rings. The summed E-state index contributed by atoms with van der Waals surface area (Å²) in [7, 11) is 1.55. The molecule has 4 rings (SSSR count). The summed E-state index contributed by atoms with van der Waals surface area (Å²) in [5.41, 5.74) is 0.801. The molecule has 0 saturated heterocycles. The molecular weight excluding hydrogens is 462 g/mol. The number of carbonyl (C=O) groups excluding carboxylic acids is 3. The van der Waals surface area contributed by atoms with Crippen LogP contribution < -0.4 is 26.2 Å². The SMILES string of the molecule is COc1ccccc1CNC(=O)CNC(=O)c1cccn2c(=O)c(NC(=O)c3ccccc3)cnc12. The highest BCUT2D eigenvalue weighted by molar-refractivity contribution is 6.04. The van der Waals surface area contributed by atoms with Crippen LogP contribution in [0.2, 0.25) is 0 Å². The van der Waals surface area contributed by atoms with Gasteiger partial charge in [0.15, 0.2) is 5.65 Å². The number of fused-ring (bicyclic) bond motifs is 1. The van der Waals surface area contributed by atoms with Gasteiger partial charge >= 0.3 is 0 Å². The Morgan fingerprint density at radius 2 is 1.67 bits per heavy atom. The largest absolute Gasteiger partial charge is 0.496 e. The number of nitrogens with one attached hydrogen (secondary N) is 3. The fraction of sp³-hybridized carbons (Fsp3) is 0.115. The number of benzene rings is 2. The molecule has 0 spiro atoms. The quantitative estimate of drug-likeness (QED) is 0.350. The van der Waals surface area contributed by atoms with Crippen molar-refractivity contribution in [3.8, 4) is 5.75 Å². The van der Waals surface area contributed by atoms with Crippen molar-refractivity contribution in [2.45, 2.75) is 6.54 Å². The Balaban J connectivity index is 1.43. The number of pyridine rings is 1. The van der Waals surface area contributed by atoms with E-state index >= 15 is 0 Å². The zero-order valence-corrected chi connectivity index (χ0v) is 19.4. The molecule has 10 nitrogen and oxygen atoms in total. The first-order valence-corrected chi connectivity index (χ1v) is 11.0. The molecule has 0 atom stereocenters. The Morgan fingerprint density at radius 1 is 0.917 bits per heavy atom. The summed E-state index contributed by atoms with van der Waals surface area (Å²) in [6.07, 6.45) is 2.65. The van der Waals surface area contributed by atoms with E-state index in [4.69, 9.17) is 4.74 Å². The molecule has 36 heavy (non-hydrogen) atoms. The maximum Gasteiger partial charge on any atom is 0.281 e. The minimum absolute atomic E-state index is 0.0328. The maximum absolute atomic E-state index is 12.9. The van der Waals surface area contributed by atoms with E-state index < -0.39 is 23.3 Å². The summed E-state index contributed by atoms with van der Waals surface area (Å²) in [6.45, 7) is -0.0358. The number of amides is 3. The van der Waals surface area contributed by atoms with Crippen LogP contribution in [0, 0.1) is 0 Å². The van der Waals surface area contributed by atoms with Gasteiger partial charge in [-0.2, -0.15) is 0 Å². The molecule has 0 unspecified atom stereocenters. The summed E-state index contributed by atoms with van der Waals surface area (Å²) < 4.78 is 6.42. The third-order valence-electron chi connectivity index (χ3n) is 5.34. The van der Waals surface area contributed by atoms with Crippen molar-refractivity contribution >= 4 is 29.1 Å².